The molecule has 0 aliphatic rings. The Morgan fingerprint density at radius 1 is 1.00 bits per heavy atom. The molecule has 0 radical (unpaired) electrons. The molecule has 6 nitrogen and oxygen atoms in total. The maximum Gasteiger partial charge on any atom is 0.241 e. The summed E-state index contributed by atoms with van der Waals surface area (Å²) in [5, 5.41) is 5.75. The molecule has 0 bridgehead atoms. The zero-order valence-corrected chi connectivity index (χ0v) is 17.9. The van der Waals surface area contributed by atoms with Crippen LogP contribution in [0.5, 0.6) is 0 Å². The maximum absolute atomic E-state index is 12.6. The lowest BCUT2D eigenvalue weighted by atomic mass is 10.1. The van der Waals surface area contributed by atoms with Crippen molar-refractivity contribution in [2.45, 2.75) is 40.7 Å². The molecule has 6 heteroatoms. The first-order valence-electron chi connectivity index (χ1n) is 9.58. The van der Waals surface area contributed by atoms with Crippen LogP contribution in [0.1, 0.15) is 40.9 Å². The highest BCUT2D eigenvalue weighted by molar-refractivity contribution is 5.99. The number of Topliss-reactive ketones (excluding diaryl/α,β-unsaturated/α-hetero) is 1. The van der Waals surface area contributed by atoms with Gasteiger partial charge in [0, 0.05) is 16.9 Å². The van der Waals surface area contributed by atoms with Crippen LogP contribution in [0.3, 0.4) is 0 Å². The zero-order valence-electron chi connectivity index (χ0n) is 17.9. The SMILES string of the molecule is CC(=O)c1cccc(NC(=O)[C@H](C)N(C)CC(=O)Nc2c(C)cc(C)cc2C)c1. The summed E-state index contributed by atoms with van der Waals surface area (Å²) in [7, 11) is 1.73. The number of benzene rings is 2. The Hall–Kier alpha value is -2.99. The molecule has 0 fully saturated rings. The molecule has 0 aliphatic carbocycles. The number of hydrogen-bond acceptors (Lipinski definition) is 4. The second-order valence-electron chi connectivity index (χ2n) is 7.54. The first-order valence-corrected chi connectivity index (χ1v) is 9.58. The quantitative estimate of drug-likeness (QED) is 0.701. The van der Waals surface area contributed by atoms with E-state index in [0.29, 0.717) is 11.3 Å². The Morgan fingerprint density at radius 2 is 1.62 bits per heavy atom. The number of anilines is 2. The van der Waals surface area contributed by atoms with E-state index in [1.54, 1.807) is 43.1 Å². The van der Waals surface area contributed by atoms with Crippen molar-refractivity contribution < 1.29 is 14.4 Å². The molecule has 0 aromatic heterocycles. The van der Waals surface area contributed by atoms with E-state index in [1.165, 1.54) is 6.92 Å². The van der Waals surface area contributed by atoms with Crippen molar-refractivity contribution in [3.05, 3.63) is 58.7 Å². The number of carbonyl (C=O) groups excluding carboxylic acids is 3. The predicted molar refractivity (Wildman–Crippen MR) is 116 cm³/mol. The van der Waals surface area contributed by atoms with E-state index in [1.807, 2.05) is 32.9 Å². The smallest absolute Gasteiger partial charge is 0.241 e. The summed E-state index contributed by atoms with van der Waals surface area (Å²) in [5.41, 5.74) is 5.07. The van der Waals surface area contributed by atoms with Crippen LogP contribution in [0.25, 0.3) is 0 Å². The first-order chi connectivity index (χ1) is 13.6. The van der Waals surface area contributed by atoms with Crippen LogP contribution < -0.4 is 10.6 Å². The van der Waals surface area contributed by atoms with Crippen molar-refractivity contribution in [2.24, 2.45) is 0 Å². The Labute approximate surface area is 172 Å². The van der Waals surface area contributed by atoms with Crippen LogP contribution in [0.4, 0.5) is 11.4 Å². The number of nitrogens with one attached hydrogen (secondary N) is 2. The fraction of sp³-hybridized carbons (Fsp3) is 0.348. The summed E-state index contributed by atoms with van der Waals surface area (Å²) < 4.78 is 0. The minimum absolute atomic E-state index is 0.0652. The van der Waals surface area contributed by atoms with Gasteiger partial charge in [-0.05, 0) is 64.9 Å². The summed E-state index contributed by atoms with van der Waals surface area (Å²) in [4.78, 5) is 38.2. The lowest BCUT2D eigenvalue weighted by molar-refractivity contribution is -0.122. The third-order valence-electron chi connectivity index (χ3n) is 4.91. The van der Waals surface area contributed by atoms with E-state index in [4.69, 9.17) is 0 Å². The number of nitrogens with zero attached hydrogens (tertiary/aromatic N) is 1. The van der Waals surface area contributed by atoms with Crippen LogP contribution >= 0.6 is 0 Å². The molecule has 2 aromatic rings. The summed E-state index contributed by atoms with van der Waals surface area (Å²) in [6.07, 6.45) is 0. The van der Waals surface area contributed by atoms with Crippen LogP contribution in [0, 0.1) is 20.8 Å². The highest BCUT2D eigenvalue weighted by Crippen LogP contribution is 2.22. The minimum atomic E-state index is -0.526. The molecular formula is C23H29N3O3. The van der Waals surface area contributed by atoms with E-state index < -0.39 is 6.04 Å². The van der Waals surface area contributed by atoms with Crippen molar-refractivity contribution >= 4 is 29.0 Å². The van der Waals surface area contributed by atoms with Gasteiger partial charge in [-0.1, -0.05) is 29.8 Å². The number of amides is 2. The van der Waals surface area contributed by atoms with Crippen LogP contribution in [-0.4, -0.2) is 42.1 Å². The van der Waals surface area contributed by atoms with Gasteiger partial charge in [0.25, 0.3) is 0 Å². The average Bonchev–Trinajstić information content (AvgIpc) is 2.64. The van der Waals surface area contributed by atoms with Crippen molar-refractivity contribution in [2.75, 3.05) is 24.2 Å². The van der Waals surface area contributed by atoms with Crippen molar-refractivity contribution in [1.29, 1.82) is 0 Å². The van der Waals surface area contributed by atoms with Crippen molar-refractivity contribution in [3.8, 4) is 0 Å². The molecule has 0 saturated heterocycles. The van der Waals surface area contributed by atoms with E-state index in [-0.39, 0.29) is 24.1 Å². The van der Waals surface area contributed by atoms with Gasteiger partial charge in [-0.3, -0.25) is 19.3 Å². The summed E-state index contributed by atoms with van der Waals surface area (Å²) in [5.74, 6) is -0.492. The van der Waals surface area contributed by atoms with Gasteiger partial charge in [-0.15, -0.1) is 0 Å². The Morgan fingerprint density at radius 3 is 2.21 bits per heavy atom. The lowest BCUT2D eigenvalue weighted by Gasteiger charge is -2.24. The summed E-state index contributed by atoms with van der Waals surface area (Å²) in [6.45, 7) is 9.24. The first kappa shape index (κ1) is 22.3. The second-order valence-corrected chi connectivity index (χ2v) is 7.54. The molecule has 2 rings (SSSR count). The Bertz CT molecular complexity index is 914. The minimum Gasteiger partial charge on any atom is -0.325 e. The van der Waals surface area contributed by atoms with E-state index in [9.17, 15) is 14.4 Å². The third-order valence-corrected chi connectivity index (χ3v) is 4.91. The monoisotopic (exact) mass is 395 g/mol. The third kappa shape index (κ3) is 5.99. The van der Waals surface area contributed by atoms with Gasteiger partial charge < -0.3 is 10.6 Å². The van der Waals surface area contributed by atoms with Crippen LogP contribution in [-0.2, 0) is 9.59 Å². The van der Waals surface area contributed by atoms with E-state index >= 15 is 0 Å². The number of ketones is 1. The van der Waals surface area contributed by atoms with E-state index in [2.05, 4.69) is 10.6 Å². The number of rotatable bonds is 7. The number of carbonyl (C=O) groups is 3. The average molecular weight is 396 g/mol. The highest BCUT2D eigenvalue weighted by atomic mass is 16.2. The molecule has 2 amide bonds. The summed E-state index contributed by atoms with van der Waals surface area (Å²) >= 11 is 0. The van der Waals surface area contributed by atoms with Gasteiger partial charge >= 0.3 is 0 Å². The molecule has 2 aromatic carbocycles. The van der Waals surface area contributed by atoms with E-state index in [0.717, 1.165) is 22.4 Å². The Balaban J connectivity index is 1.98. The van der Waals surface area contributed by atoms with Crippen LogP contribution in [0.15, 0.2) is 36.4 Å². The van der Waals surface area contributed by atoms with Gasteiger partial charge in [0.15, 0.2) is 5.78 Å². The van der Waals surface area contributed by atoms with Crippen molar-refractivity contribution in [1.82, 2.24) is 4.90 Å². The fourth-order valence-electron chi connectivity index (χ4n) is 3.18. The topological polar surface area (TPSA) is 78.5 Å². The highest BCUT2D eigenvalue weighted by Gasteiger charge is 2.21. The molecule has 0 heterocycles. The predicted octanol–water partition coefficient (Wildman–Crippen LogP) is 3.71. The maximum atomic E-state index is 12.6. The van der Waals surface area contributed by atoms with Crippen LogP contribution in [0.2, 0.25) is 0 Å². The summed E-state index contributed by atoms with van der Waals surface area (Å²) in [6, 6.07) is 10.3. The molecule has 0 unspecified atom stereocenters. The molecule has 29 heavy (non-hydrogen) atoms. The molecule has 0 spiro atoms. The van der Waals surface area contributed by atoms with Gasteiger partial charge in [-0.2, -0.15) is 0 Å². The molecule has 2 N–H and O–H groups in total. The molecule has 0 aliphatic heterocycles. The molecule has 154 valence electrons. The zero-order chi connectivity index (χ0) is 21.7. The van der Waals surface area contributed by atoms with Gasteiger partial charge in [0.1, 0.15) is 0 Å². The molecule has 0 saturated carbocycles. The second kappa shape index (κ2) is 9.47. The number of aryl methyl sites for hydroxylation is 3. The normalized spacial score (nSPS) is 11.8. The van der Waals surface area contributed by atoms with Gasteiger partial charge in [0.2, 0.25) is 11.8 Å². The number of hydrogen-bond donors (Lipinski definition) is 2. The van der Waals surface area contributed by atoms with Gasteiger partial charge in [-0.25, -0.2) is 0 Å². The number of likely N-dealkylation sites (N-methyl/N-ethyl adjacent to an activating group) is 1. The fourth-order valence-corrected chi connectivity index (χ4v) is 3.18. The largest absolute Gasteiger partial charge is 0.325 e. The standard InChI is InChI=1S/C23H29N3O3/c1-14-10-15(2)22(16(3)11-14)25-21(28)13-26(6)17(4)23(29)24-20-9-7-8-19(12-20)18(5)27/h7-12,17H,13H2,1-6H3,(H,24,29)(H,25,28)/t17-/m0/s1. The van der Waals surface area contributed by atoms with Crippen molar-refractivity contribution in [3.63, 3.8) is 0 Å². The molecular weight excluding hydrogens is 366 g/mol. The molecule has 1 atom stereocenters. The Kier molecular flexibility index (Phi) is 7.29. The van der Waals surface area contributed by atoms with Gasteiger partial charge in [0.05, 0.1) is 12.6 Å². The lowest BCUT2D eigenvalue weighted by Crippen LogP contribution is -2.43.